The zero-order valence-electron chi connectivity index (χ0n) is 7.00. The molecule has 3 nitrogen and oxygen atoms in total. The maximum atomic E-state index is 10.9. The van der Waals surface area contributed by atoms with E-state index in [0.29, 0.717) is 17.4 Å². The number of aldehydes is 1. The molecular formula is C9H8INO2. The van der Waals surface area contributed by atoms with E-state index in [0.717, 1.165) is 9.13 Å². The monoisotopic (exact) mass is 289 g/mol. The molecule has 68 valence electrons. The van der Waals surface area contributed by atoms with Crippen LogP contribution in [0.15, 0.2) is 12.1 Å². The zero-order valence-corrected chi connectivity index (χ0v) is 9.16. The molecule has 0 saturated carbocycles. The first-order valence-corrected chi connectivity index (χ1v) is 4.69. The molecule has 1 rings (SSSR count). The van der Waals surface area contributed by atoms with Gasteiger partial charge >= 0.3 is 0 Å². The number of hydrogen-bond acceptors (Lipinski definition) is 2. The molecule has 0 atom stereocenters. The average Bonchev–Trinajstić information content (AvgIpc) is 2.02. The lowest BCUT2D eigenvalue weighted by Gasteiger charge is -2.04. The summed E-state index contributed by atoms with van der Waals surface area (Å²) in [6.07, 6.45) is 0.654. The van der Waals surface area contributed by atoms with Crippen molar-refractivity contribution in [2.24, 2.45) is 5.73 Å². The van der Waals surface area contributed by atoms with E-state index in [2.05, 4.69) is 0 Å². The fourth-order valence-electron chi connectivity index (χ4n) is 1.08. The van der Waals surface area contributed by atoms with Crippen LogP contribution in [-0.4, -0.2) is 12.2 Å². The third kappa shape index (κ3) is 2.06. The van der Waals surface area contributed by atoms with Gasteiger partial charge in [0.2, 0.25) is 5.91 Å². The molecule has 0 aromatic heterocycles. The molecule has 13 heavy (non-hydrogen) atoms. The Kier molecular flexibility index (Phi) is 3.02. The molecule has 2 N–H and O–H groups in total. The number of primary amides is 1. The van der Waals surface area contributed by atoms with Crippen LogP contribution in [0.5, 0.6) is 0 Å². The van der Waals surface area contributed by atoms with Gasteiger partial charge in [-0.3, -0.25) is 9.59 Å². The molecule has 0 aliphatic rings. The number of halogens is 1. The summed E-state index contributed by atoms with van der Waals surface area (Å²) in [7, 11) is 0. The molecule has 0 unspecified atom stereocenters. The predicted octanol–water partition coefficient (Wildman–Crippen LogP) is 1.51. The summed E-state index contributed by atoms with van der Waals surface area (Å²) < 4.78 is 0.751. The molecule has 4 heteroatoms. The summed E-state index contributed by atoms with van der Waals surface area (Å²) in [5, 5.41) is 0. The third-order valence-corrected chi connectivity index (χ3v) is 2.55. The highest BCUT2D eigenvalue weighted by atomic mass is 127. The van der Waals surface area contributed by atoms with E-state index in [1.165, 1.54) is 0 Å². The molecule has 0 fully saturated rings. The summed E-state index contributed by atoms with van der Waals surface area (Å²) in [5.74, 6) is -0.566. The van der Waals surface area contributed by atoms with Crippen molar-refractivity contribution in [3.05, 3.63) is 32.4 Å². The largest absolute Gasteiger partial charge is 0.366 e. The standard InChI is InChI=1S/C9H8INO2/c1-5-2-6(9(11)13)7(4-12)8(10)3-5/h2-4H,1H3,(H2,11,13). The summed E-state index contributed by atoms with van der Waals surface area (Å²) in [4.78, 5) is 21.6. The van der Waals surface area contributed by atoms with E-state index >= 15 is 0 Å². The molecule has 1 aromatic rings. The van der Waals surface area contributed by atoms with Crippen molar-refractivity contribution in [3.8, 4) is 0 Å². The van der Waals surface area contributed by atoms with Gasteiger partial charge in [0.25, 0.3) is 0 Å². The van der Waals surface area contributed by atoms with Crippen LogP contribution in [0, 0.1) is 10.5 Å². The molecule has 0 aliphatic heterocycles. The molecule has 0 saturated heterocycles. The fraction of sp³-hybridized carbons (Fsp3) is 0.111. The van der Waals surface area contributed by atoms with Crippen molar-refractivity contribution in [3.63, 3.8) is 0 Å². The lowest BCUT2D eigenvalue weighted by Crippen LogP contribution is -2.14. The van der Waals surface area contributed by atoms with Crippen LogP contribution < -0.4 is 5.73 Å². The Balaban J connectivity index is 3.46. The number of hydrogen-bond donors (Lipinski definition) is 1. The van der Waals surface area contributed by atoms with Gasteiger partial charge < -0.3 is 5.73 Å². The minimum Gasteiger partial charge on any atom is -0.366 e. The van der Waals surface area contributed by atoms with Crippen molar-refractivity contribution in [1.82, 2.24) is 0 Å². The van der Waals surface area contributed by atoms with Crippen molar-refractivity contribution >= 4 is 34.8 Å². The van der Waals surface area contributed by atoms with Crippen LogP contribution >= 0.6 is 22.6 Å². The molecule has 0 spiro atoms. The second kappa shape index (κ2) is 3.87. The van der Waals surface area contributed by atoms with E-state index in [1.807, 2.05) is 35.6 Å². The van der Waals surface area contributed by atoms with E-state index in [4.69, 9.17) is 5.73 Å². The van der Waals surface area contributed by atoms with Gasteiger partial charge in [0.15, 0.2) is 6.29 Å². The number of carbonyl (C=O) groups excluding carboxylic acids is 2. The number of rotatable bonds is 2. The summed E-state index contributed by atoms with van der Waals surface area (Å²) >= 11 is 2.01. The topological polar surface area (TPSA) is 60.2 Å². The van der Waals surface area contributed by atoms with Crippen LogP contribution in [0.4, 0.5) is 0 Å². The van der Waals surface area contributed by atoms with E-state index in [1.54, 1.807) is 6.07 Å². The summed E-state index contributed by atoms with van der Waals surface area (Å²) in [6, 6.07) is 3.45. The third-order valence-electron chi connectivity index (χ3n) is 1.66. The van der Waals surface area contributed by atoms with Gasteiger partial charge in [-0.05, 0) is 47.2 Å². The molecule has 0 bridgehead atoms. The predicted molar refractivity (Wildman–Crippen MR) is 57.8 cm³/mol. The van der Waals surface area contributed by atoms with Gasteiger partial charge in [0.05, 0.1) is 5.56 Å². The van der Waals surface area contributed by atoms with Crippen LogP contribution in [-0.2, 0) is 0 Å². The molecular weight excluding hydrogens is 281 g/mol. The minimum absolute atomic E-state index is 0.291. The van der Waals surface area contributed by atoms with Crippen molar-refractivity contribution in [2.75, 3.05) is 0 Å². The number of carbonyl (C=O) groups is 2. The number of amides is 1. The Labute approximate surface area is 89.5 Å². The lowest BCUT2D eigenvalue weighted by molar-refractivity contribution is 0.0992. The Morgan fingerprint density at radius 3 is 2.62 bits per heavy atom. The quantitative estimate of drug-likeness (QED) is 0.662. The molecule has 0 aliphatic carbocycles. The van der Waals surface area contributed by atoms with Crippen LogP contribution in [0.25, 0.3) is 0 Å². The van der Waals surface area contributed by atoms with Gasteiger partial charge in [-0.1, -0.05) is 0 Å². The summed E-state index contributed by atoms with van der Waals surface area (Å²) in [6.45, 7) is 1.85. The van der Waals surface area contributed by atoms with Crippen LogP contribution in [0.1, 0.15) is 26.3 Å². The minimum atomic E-state index is -0.566. The Morgan fingerprint density at radius 2 is 2.15 bits per heavy atom. The normalized spacial score (nSPS) is 9.69. The SMILES string of the molecule is Cc1cc(I)c(C=O)c(C(N)=O)c1. The summed E-state index contributed by atoms with van der Waals surface area (Å²) in [5.41, 5.74) is 6.71. The smallest absolute Gasteiger partial charge is 0.249 e. The molecule has 0 radical (unpaired) electrons. The fourth-order valence-corrected chi connectivity index (χ4v) is 1.99. The van der Waals surface area contributed by atoms with Crippen molar-refractivity contribution in [1.29, 1.82) is 0 Å². The highest BCUT2D eigenvalue weighted by molar-refractivity contribution is 14.1. The zero-order chi connectivity index (χ0) is 10.0. The maximum Gasteiger partial charge on any atom is 0.249 e. The van der Waals surface area contributed by atoms with E-state index in [9.17, 15) is 9.59 Å². The Morgan fingerprint density at radius 1 is 1.54 bits per heavy atom. The molecule has 1 amide bonds. The first-order chi connectivity index (χ1) is 6.06. The van der Waals surface area contributed by atoms with Crippen LogP contribution in [0.3, 0.4) is 0 Å². The maximum absolute atomic E-state index is 10.9. The first kappa shape index (κ1) is 10.2. The second-order valence-corrected chi connectivity index (χ2v) is 3.85. The van der Waals surface area contributed by atoms with Gasteiger partial charge in [0.1, 0.15) is 0 Å². The van der Waals surface area contributed by atoms with Crippen molar-refractivity contribution < 1.29 is 9.59 Å². The van der Waals surface area contributed by atoms with Gasteiger partial charge in [-0.2, -0.15) is 0 Å². The first-order valence-electron chi connectivity index (χ1n) is 3.61. The van der Waals surface area contributed by atoms with Crippen LogP contribution in [0.2, 0.25) is 0 Å². The number of aryl methyl sites for hydroxylation is 1. The second-order valence-electron chi connectivity index (χ2n) is 2.69. The Bertz CT molecular complexity index is 374. The van der Waals surface area contributed by atoms with Gasteiger partial charge in [0, 0.05) is 9.13 Å². The average molecular weight is 289 g/mol. The Hall–Kier alpha value is -0.910. The van der Waals surface area contributed by atoms with E-state index in [-0.39, 0.29) is 0 Å². The highest BCUT2D eigenvalue weighted by Gasteiger charge is 2.11. The van der Waals surface area contributed by atoms with Crippen molar-refractivity contribution in [2.45, 2.75) is 6.92 Å². The molecule has 0 heterocycles. The van der Waals surface area contributed by atoms with E-state index < -0.39 is 5.91 Å². The lowest BCUT2D eigenvalue weighted by atomic mass is 10.1. The van der Waals surface area contributed by atoms with Gasteiger partial charge in [-0.25, -0.2) is 0 Å². The molecule has 1 aromatic carbocycles. The number of benzene rings is 1. The van der Waals surface area contributed by atoms with Gasteiger partial charge in [-0.15, -0.1) is 0 Å². The highest BCUT2D eigenvalue weighted by Crippen LogP contribution is 2.17. The number of nitrogens with two attached hydrogens (primary N) is 1.